The summed E-state index contributed by atoms with van der Waals surface area (Å²) >= 11 is -0.0906. The lowest BCUT2D eigenvalue weighted by atomic mass is 10.1. The van der Waals surface area contributed by atoms with Crippen LogP contribution in [0.3, 0.4) is 0 Å². The summed E-state index contributed by atoms with van der Waals surface area (Å²) in [6.45, 7) is 0. The van der Waals surface area contributed by atoms with Crippen molar-refractivity contribution in [2.24, 2.45) is 4.36 Å². The largest absolute Gasteiger partial charge is 0.371 e. The summed E-state index contributed by atoms with van der Waals surface area (Å²) in [6, 6.07) is 9.44. The molecule has 1 atom stereocenters. The van der Waals surface area contributed by atoms with Gasteiger partial charge in [-0.25, -0.2) is 0 Å². The van der Waals surface area contributed by atoms with E-state index in [0.29, 0.717) is 6.42 Å². The lowest BCUT2D eigenvalue weighted by molar-refractivity contribution is -0.127. The second-order valence-electron chi connectivity index (χ2n) is 2.92. The monoisotopic (exact) mass is 225 g/mol. The van der Waals surface area contributed by atoms with E-state index in [-0.39, 0.29) is 11.5 Å². The van der Waals surface area contributed by atoms with Gasteiger partial charge in [0.15, 0.2) is 0 Å². The minimum Gasteiger partial charge on any atom is -0.371 e. The van der Waals surface area contributed by atoms with Crippen molar-refractivity contribution in [2.45, 2.75) is 12.5 Å². The van der Waals surface area contributed by atoms with Gasteiger partial charge in [-0.05, 0) is 5.56 Å². The summed E-state index contributed by atoms with van der Waals surface area (Å²) in [4.78, 5) is 11.3. The zero-order valence-electron chi connectivity index (χ0n) is 8.25. The van der Waals surface area contributed by atoms with E-state index < -0.39 is 12.0 Å². The molecule has 0 N–H and O–H groups in total. The molecule has 15 heavy (non-hydrogen) atoms. The molecule has 1 amide bonds. The van der Waals surface area contributed by atoms with Gasteiger partial charge in [0, 0.05) is 13.5 Å². The molecule has 0 radical (unpaired) electrons. The molecule has 1 aromatic rings. The van der Waals surface area contributed by atoms with Gasteiger partial charge < -0.3 is 4.74 Å². The third kappa shape index (κ3) is 3.73. The van der Waals surface area contributed by atoms with Crippen LogP contribution in [0.5, 0.6) is 0 Å². The highest BCUT2D eigenvalue weighted by Crippen LogP contribution is 2.06. The van der Waals surface area contributed by atoms with E-state index >= 15 is 0 Å². The molecule has 0 saturated carbocycles. The van der Waals surface area contributed by atoms with Crippen molar-refractivity contribution in [3.8, 4) is 0 Å². The second-order valence-corrected chi connectivity index (χ2v) is 3.25. The van der Waals surface area contributed by atoms with Gasteiger partial charge in [0.1, 0.15) is 6.10 Å². The van der Waals surface area contributed by atoms with Crippen LogP contribution in [0.25, 0.3) is 0 Å². The minimum absolute atomic E-state index is 0.0906. The van der Waals surface area contributed by atoms with E-state index in [0.717, 1.165) is 5.56 Å². The van der Waals surface area contributed by atoms with Gasteiger partial charge in [0.2, 0.25) is 11.5 Å². The summed E-state index contributed by atoms with van der Waals surface area (Å²) in [7, 11) is 1.43. The van der Waals surface area contributed by atoms with Gasteiger partial charge in [-0.1, -0.05) is 30.3 Å². The number of hydrogen-bond donors (Lipinski definition) is 0. The molecule has 5 heteroatoms. The second kappa shape index (κ2) is 6.21. The topological polar surface area (TPSA) is 55.7 Å². The van der Waals surface area contributed by atoms with Crippen LogP contribution >= 0.6 is 0 Å². The molecule has 1 rings (SSSR count). The van der Waals surface area contributed by atoms with Crippen LogP contribution in [0.1, 0.15) is 5.56 Å². The van der Waals surface area contributed by atoms with E-state index in [1.807, 2.05) is 30.3 Å². The molecule has 0 aliphatic carbocycles. The predicted molar refractivity (Wildman–Crippen MR) is 56.5 cm³/mol. The fourth-order valence-electron chi connectivity index (χ4n) is 1.20. The van der Waals surface area contributed by atoms with Crippen LogP contribution in [-0.2, 0) is 27.4 Å². The Morgan fingerprint density at radius 1 is 1.47 bits per heavy atom. The maximum absolute atomic E-state index is 11.3. The van der Waals surface area contributed by atoms with Gasteiger partial charge in [-0.3, -0.25) is 4.79 Å². The third-order valence-electron chi connectivity index (χ3n) is 1.95. The number of benzene rings is 1. The highest BCUT2D eigenvalue weighted by Gasteiger charge is 2.17. The van der Waals surface area contributed by atoms with Crippen molar-refractivity contribution in [3.05, 3.63) is 35.9 Å². The zero-order chi connectivity index (χ0) is 11.1. The number of carbonyl (C=O) groups excluding carboxylic acids is 1. The van der Waals surface area contributed by atoms with Crippen LogP contribution in [0.4, 0.5) is 0 Å². The molecule has 0 aliphatic heterocycles. The molecule has 0 saturated heterocycles. The predicted octanol–water partition coefficient (Wildman–Crippen LogP) is 1.17. The van der Waals surface area contributed by atoms with E-state index in [9.17, 15) is 9.00 Å². The molecular formula is C10H11NO3S. The minimum atomic E-state index is -0.672. The molecule has 1 unspecified atom stereocenters. The summed E-state index contributed by atoms with van der Waals surface area (Å²) < 4.78 is 18.2. The number of rotatable bonds is 4. The molecule has 80 valence electrons. The van der Waals surface area contributed by atoms with Crippen molar-refractivity contribution >= 4 is 17.4 Å². The van der Waals surface area contributed by atoms with Crippen LogP contribution in [0, 0.1) is 0 Å². The van der Waals surface area contributed by atoms with Gasteiger partial charge in [-0.15, -0.1) is 4.36 Å². The molecule has 0 heterocycles. The van der Waals surface area contributed by atoms with Gasteiger partial charge in [0.25, 0.3) is 5.91 Å². The molecule has 0 spiro atoms. The average Bonchev–Trinajstić information content (AvgIpc) is 2.27. The summed E-state index contributed by atoms with van der Waals surface area (Å²) in [6.07, 6.45) is -0.242. The van der Waals surface area contributed by atoms with Gasteiger partial charge in [0.05, 0.1) is 0 Å². The van der Waals surface area contributed by atoms with Crippen LogP contribution < -0.4 is 0 Å². The highest BCUT2D eigenvalue weighted by atomic mass is 32.1. The number of amides is 1. The SMILES string of the molecule is COC(Cc1ccccc1)C(=O)N=S=O. The maximum Gasteiger partial charge on any atom is 0.288 e. The Bertz CT molecular complexity index is 374. The maximum atomic E-state index is 11.3. The average molecular weight is 225 g/mol. The normalized spacial score (nSPS) is 11.8. The Labute approximate surface area is 91.5 Å². The number of carbonyl (C=O) groups is 1. The number of nitrogens with zero attached hydrogens (tertiary/aromatic N) is 1. The number of methoxy groups -OCH3 is 1. The number of hydrogen-bond acceptors (Lipinski definition) is 3. The lowest BCUT2D eigenvalue weighted by Gasteiger charge is -2.09. The Balaban J connectivity index is 2.70. The Morgan fingerprint density at radius 3 is 2.67 bits per heavy atom. The first-order chi connectivity index (χ1) is 7.27. The zero-order valence-corrected chi connectivity index (χ0v) is 9.07. The smallest absolute Gasteiger partial charge is 0.288 e. The molecule has 0 aromatic heterocycles. The Morgan fingerprint density at radius 2 is 2.13 bits per heavy atom. The van der Waals surface area contributed by atoms with Gasteiger partial charge in [-0.2, -0.15) is 4.21 Å². The van der Waals surface area contributed by atoms with E-state index in [1.54, 1.807) is 0 Å². The standard InChI is InChI=1S/C10H11NO3S/c1-14-9(10(12)11-15-13)7-8-5-3-2-4-6-8/h2-6,9H,7H2,1H3. The van der Waals surface area contributed by atoms with E-state index in [1.165, 1.54) is 7.11 Å². The first-order valence-electron chi connectivity index (χ1n) is 4.38. The molecule has 0 bridgehead atoms. The van der Waals surface area contributed by atoms with Crippen molar-refractivity contribution < 1.29 is 13.7 Å². The Hall–Kier alpha value is -1.33. The van der Waals surface area contributed by atoms with Crippen molar-refractivity contribution in [2.75, 3.05) is 7.11 Å². The molecule has 0 aliphatic rings. The first kappa shape index (κ1) is 11.7. The quantitative estimate of drug-likeness (QED) is 0.772. The molecule has 0 fully saturated rings. The van der Waals surface area contributed by atoms with Crippen LogP contribution in [0.15, 0.2) is 34.7 Å². The summed E-state index contributed by atoms with van der Waals surface area (Å²) in [5.41, 5.74) is 0.976. The molecule has 1 aromatic carbocycles. The molecule has 4 nitrogen and oxygen atoms in total. The fraction of sp³-hybridized carbons (Fsp3) is 0.300. The van der Waals surface area contributed by atoms with Crippen LogP contribution in [-0.4, -0.2) is 23.3 Å². The molecular weight excluding hydrogens is 214 g/mol. The van der Waals surface area contributed by atoms with E-state index in [4.69, 9.17) is 4.74 Å². The fourth-order valence-corrected chi connectivity index (χ4v) is 1.39. The van der Waals surface area contributed by atoms with Crippen molar-refractivity contribution in [3.63, 3.8) is 0 Å². The Kier molecular flexibility index (Phi) is 4.86. The van der Waals surface area contributed by atoms with Crippen LogP contribution in [0.2, 0.25) is 0 Å². The third-order valence-corrected chi connectivity index (χ3v) is 2.21. The van der Waals surface area contributed by atoms with E-state index in [2.05, 4.69) is 4.36 Å². The summed E-state index contributed by atoms with van der Waals surface area (Å²) in [5, 5.41) is 0. The number of ether oxygens (including phenoxy) is 1. The van der Waals surface area contributed by atoms with Gasteiger partial charge >= 0.3 is 0 Å². The first-order valence-corrected chi connectivity index (χ1v) is 5.08. The lowest BCUT2D eigenvalue weighted by Crippen LogP contribution is -2.23. The summed E-state index contributed by atoms with van der Waals surface area (Å²) in [5.74, 6) is -0.527. The van der Waals surface area contributed by atoms with Crippen molar-refractivity contribution in [1.82, 2.24) is 0 Å². The van der Waals surface area contributed by atoms with Crippen molar-refractivity contribution in [1.29, 1.82) is 0 Å². The highest BCUT2D eigenvalue weighted by molar-refractivity contribution is 7.55.